The van der Waals surface area contributed by atoms with Crippen LogP contribution >= 0.6 is 0 Å². The van der Waals surface area contributed by atoms with Crippen LogP contribution in [0.15, 0.2) is 96.0 Å². The second-order valence-electron chi connectivity index (χ2n) is 6.16. The molecular weight excluding hydrogens is 304 g/mol. The summed E-state index contributed by atoms with van der Waals surface area (Å²) in [4.78, 5) is 7.21. The number of hydrogen-bond acceptors (Lipinski definition) is 2. The van der Waals surface area contributed by atoms with Crippen LogP contribution in [-0.4, -0.2) is 12.9 Å². The molecule has 0 aromatic heterocycles. The van der Waals surface area contributed by atoms with Crippen LogP contribution in [0.5, 0.6) is 0 Å². The van der Waals surface area contributed by atoms with Gasteiger partial charge in [-0.2, -0.15) is 0 Å². The van der Waals surface area contributed by atoms with Crippen LogP contribution in [0.1, 0.15) is 22.7 Å². The average Bonchev–Trinajstić information content (AvgIpc) is 2.69. The van der Waals surface area contributed by atoms with E-state index in [4.69, 9.17) is 4.99 Å². The Morgan fingerprint density at radius 1 is 0.760 bits per heavy atom. The van der Waals surface area contributed by atoms with Crippen molar-refractivity contribution >= 4 is 17.6 Å². The second-order valence-corrected chi connectivity index (χ2v) is 6.16. The molecular formula is C23H20N2. The van der Waals surface area contributed by atoms with Crippen LogP contribution in [0.2, 0.25) is 0 Å². The van der Waals surface area contributed by atoms with Crippen molar-refractivity contribution in [1.29, 1.82) is 0 Å². The normalized spacial score (nSPS) is 16.6. The van der Waals surface area contributed by atoms with Crippen LogP contribution in [0, 0.1) is 0 Å². The third-order valence-electron chi connectivity index (χ3n) is 4.54. The molecule has 0 spiro atoms. The first-order chi connectivity index (χ1) is 12.3. The predicted octanol–water partition coefficient (Wildman–Crippen LogP) is 5.34. The first kappa shape index (κ1) is 15.4. The van der Waals surface area contributed by atoms with E-state index in [0.29, 0.717) is 0 Å². The molecule has 0 aliphatic carbocycles. The zero-order valence-electron chi connectivity index (χ0n) is 14.2. The van der Waals surface area contributed by atoms with E-state index in [2.05, 4.69) is 84.8 Å². The number of hydrogen-bond donors (Lipinski definition) is 0. The van der Waals surface area contributed by atoms with Gasteiger partial charge in [-0.25, -0.2) is 0 Å². The van der Waals surface area contributed by atoms with E-state index in [1.807, 2.05) is 24.3 Å². The van der Waals surface area contributed by atoms with Crippen molar-refractivity contribution < 1.29 is 0 Å². The quantitative estimate of drug-likeness (QED) is 0.635. The van der Waals surface area contributed by atoms with Gasteiger partial charge in [0.15, 0.2) is 0 Å². The molecule has 1 unspecified atom stereocenters. The molecule has 3 aromatic rings. The number of benzene rings is 3. The molecule has 1 atom stereocenters. The monoisotopic (exact) mass is 324 g/mol. The number of rotatable bonds is 3. The van der Waals surface area contributed by atoms with Crippen LogP contribution in [-0.2, 0) is 0 Å². The van der Waals surface area contributed by atoms with Gasteiger partial charge in [0.2, 0.25) is 0 Å². The minimum absolute atomic E-state index is 0.0315. The predicted molar refractivity (Wildman–Crippen MR) is 106 cm³/mol. The molecule has 3 aromatic carbocycles. The summed E-state index contributed by atoms with van der Waals surface area (Å²) in [7, 11) is 2.08. The average molecular weight is 324 g/mol. The first-order valence-corrected chi connectivity index (χ1v) is 8.51. The summed E-state index contributed by atoms with van der Waals surface area (Å²) in [5.74, 6) is 0.969. The molecule has 1 heterocycles. The standard InChI is InChI=1S/C23H20N2/c1-25-21-15-9-8-14-20(21)23(19-12-6-3-7-13-19)24-22(25)17-16-18-10-4-2-5-11-18/h2-17,23H,1H3. The fourth-order valence-corrected chi connectivity index (χ4v) is 3.22. The van der Waals surface area contributed by atoms with E-state index in [-0.39, 0.29) is 6.04 Å². The molecule has 0 bridgehead atoms. The summed E-state index contributed by atoms with van der Waals surface area (Å²) in [6.45, 7) is 0. The fraction of sp³-hybridized carbons (Fsp3) is 0.0870. The van der Waals surface area contributed by atoms with Crippen molar-refractivity contribution in [3.05, 3.63) is 108 Å². The van der Waals surface area contributed by atoms with Crippen molar-refractivity contribution in [3.63, 3.8) is 0 Å². The third-order valence-corrected chi connectivity index (χ3v) is 4.54. The molecule has 0 N–H and O–H groups in total. The van der Waals surface area contributed by atoms with E-state index in [9.17, 15) is 0 Å². The third kappa shape index (κ3) is 3.11. The van der Waals surface area contributed by atoms with Crippen molar-refractivity contribution in [1.82, 2.24) is 0 Å². The second kappa shape index (κ2) is 6.78. The molecule has 2 heteroatoms. The topological polar surface area (TPSA) is 15.6 Å². The first-order valence-electron chi connectivity index (χ1n) is 8.51. The van der Waals surface area contributed by atoms with Crippen molar-refractivity contribution in [2.75, 3.05) is 11.9 Å². The lowest BCUT2D eigenvalue weighted by molar-refractivity contribution is 0.846. The highest BCUT2D eigenvalue weighted by Crippen LogP contribution is 2.37. The van der Waals surface area contributed by atoms with Crippen molar-refractivity contribution in [2.45, 2.75) is 6.04 Å². The molecule has 4 rings (SSSR count). The highest BCUT2D eigenvalue weighted by molar-refractivity contribution is 6.09. The lowest BCUT2D eigenvalue weighted by Gasteiger charge is -2.31. The number of amidine groups is 1. The molecule has 2 nitrogen and oxygen atoms in total. The summed E-state index contributed by atoms with van der Waals surface area (Å²) in [5, 5.41) is 0. The van der Waals surface area contributed by atoms with Crippen molar-refractivity contribution in [2.24, 2.45) is 4.99 Å². The van der Waals surface area contributed by atoms with Gasteiger partial charge in [-0.05, 0) is 23.3 Å². The zero-order valence-corrected chi connectivity index (χ0v) is 14.2. The Kier molecular flexibility index (Phi) is 4.17. The number of aliphatic imine (C=N–C) groups is 1. The summed E-state index contributed by atoms with van der Waals surface area (Å²) >= 11 is 0. The molecule has 0 saturated heterocycles. The van der Waals surface area contributed by atoms with E-state index in [0.717, 1.165) is 5.84 Å². The Morgan fingerprint density at radius 3 is 2.16 bits per heavy atom. The van der Waals surface area contributed by atoms with E-state index in [1.54, 1.807) is 0 Å². The summed E-state index contributed by atoms with van der Waals surface area (Å²) in [6.07, 6.45) is 4.21. The minimum Gasteiger partial charge on any atom is -0.329 e. The SMILES string of the molecule is CN1C(C=Cc2ccccc2)=NC(c2ccccc2)c2ccccc21. The lowest BCUT2D eigenvalue weighted by Crippen LogP contribution is -2.30. The molecule has 0 fully saturated rings. The van der Waals surface area contributed by atoms with Gasteiger partial charge >= 0.3 is 0 Å². The smallest absolute Gasteiger partial charge is 0.128 e. The maximum absolute atomic E-state index is 5.05. The molecule has 1 aliphatic rings. The minimum atomic E-state index is 0.0315. The van der Waals surface area contributed by atoms with Crippen LogP contribution < -0.4 is 4.90 Å². The van der Waals surface area contributed by atoms with Gasteiger partial charge in [0.1, 0.15) is 11.9 Å². The molecule has 0 saturated carbocycles. The Hall–Kier alpha value is -3.13. The Balaban J connectivity index is 1.76. The van der Waals surface area contributed by atoms with E-state index in [1.165, 1.54) is 22.4 Å². The highest BCUT2D eigenvalue weighted by Gasteiger charge is 2.24. The van der Waals surface area contributed by atoms with Gasteiger partial charge in [0.05, 0.1) is 0 Å². The maximum atomic E-state index is 5.05. The highest BCUT2D eigenvalue weighted by atomic mass is 15.2. The number of para-hydroxylation sites is 1. The maximum Gasteiger partial charge on any atom is 0.128 e. The fourth-order valence-electron chi connectivity index (χ4n) is 3.22. The summed E-state index contributed by atoms with van der Waals surface area (Å²) in [6, 6.07) is 29.4. The van der Waals surface area contributed by atoms with Gasteiger partial charge in [-0.15, -0.1) is 0 Å². The summed E-state index contributed by atoms with van der Waals surface area (Å²) < 4.78 is 0. The van der Waals surface area contributed by atoms with Crippen molar-refractivity contribution in [3.8, 4) is 0 Å². The van der Waals surface area contributed by atoms with Crippen LogP contribution in [0.4, 0.5) is 5.69 Å². The number of nitrogens with zero attached hydrogens (tertiary/aromatic N) is 2. The van der Waals surface area contributed by atoms with Crippen LogP contribution in [0.25, 0.3) is 6.08 Å². The molecule has 122 valence electrons. The van der Waals surface area contributed by atoms with E-state index >= 15 is 0 Å². The van der Waals surface area contributed by atoms with Gasteiger partial charge in [0, 0.05) is 18.3 Å². The lowest BCUT2D eigenvalue weighted by atomic mass is 9.95. The van der Waals surface area contributed by atoms with Gasteiger partial charge in [0.25, 0.3) is 0 Å². The number of likely N-dealkylation sites (N-methyl/N-ethyl adjacent to an activating group) is 1. The Morgan fingerprint density at radius 2 is 1.40 bits per heavy atom. The van der Waals surface area contributed by atoms with Gasteiger partial charge < -0.3 is 4.90 Å². The van der Waals surface area contributed by atoms with E-state index < -0.39 is 0 Å². The molecule has 1 aliphatic heterocycles. The number of anilines is 1. The van der Waals surface area contributed by atoms with Gasteiger partial charge in [-0.1, -0.05) is 84.9 Å². The van der Waals surface area contributed by atoms with Crippen LogP contribution in [0.3, 0.4) is 0 Å². The molecule has 0 radical (unpaired) electrons. The zero-order chi connectivity index (χ0) is 17.1. The van der Waals surface area contributed by atoms with Gasteiger partial charge in [-0.3, -0.25) is 4.99 Å². The number of fused-ring (bicyclic) bond motifs is 1. The Labute approximate surface area is 148 Å². The largest absolute Gasteiger partial charge is 0.329 e. The molecule has 0 amide bonds. The molecule has 25 heavy (non-hydrogen) atoms. The summed E-state index contributed by atoms with van der Waals surface area (Å²) in [5.41, 5.74) is 4.84. The Bertz CT molecular complexity index is 911.